The normalized spacial score (nSPS) is 30.8. The van der Waals surface area contributed by atoms with Crippen LogP contribution in [0.2, 0.25) is 0 Å². The van der Waals surface area contributed by atoms with Crippen LogP contribution in [0.25, 0.3) is 0 Å². The molecule has 0 bridgehead atoms. The van der Waals surface area contributed by atoms with E-state index in [2.05, 4.69) is 0 Å². The van der Waals surface area contributed by atoms with Gasteiger partial charge in [0.25, 0.3) is 0 Å². The number of nitrogens with zero attached hydrogens (tertiary/aromatic N) is 1. The molecular formula is C7H11F3N2O. The van der Waals surface area contributed by atoms with Crippen LogP contribution < -0.4 is 5.73 Å². The Morgan fingerprint density at radius 3 is 2.46 bits per heavy atom. The highest BCUT2D eigenvalue weighted by molar-refractivity contribution is 5.82. The number of rotatable bonds is 0. The van der Waals surface area contributed by atoms with Crippen LogP contribution in [0.1, 0.15) is 12.8 Å². The van der Waals surface area contributed by atoms with Crippen LogP contribution in [0.15, 0.2) is 0 Å². The molecule has 0 aromatic carbocycles. The molecule has 1 aliphatic heterocycles. The van der Waals surface area contributed by atoms with Crippen molar-refractivity contribution in [1.29, 1.82) is 0 Å². The summed E-state index contributed by atoms with van der Waals surface area (Å²) in [5, 5.41) is 0. The van der Waals surface area contributed by atoms with Gasteiger partial charge >= 0.3 is 6.18 Å². The molecule has 0 radical (unpaired) electrons. The Bertz CT molecular complexity index is 216. The first-order valence-corrected chi connectivity index (χ1v) is 3.93. The largest absolute Gasteiger partial charge is 0.408 e. The summed E-state index contributed by atoms with van der Waals surface area (Å²) in [4.78, 5) is 11.8. The van der Waals surface area contributed by atoms with Gasteiger partial charge in [-0.15, -0.1) is 0 Å². The van der Waals surface area contributed by atoms with Crippen molar-refractivity contribution in [2.75, 3.05) is 7.05 Å². The van der Waals surface area contributed by atoms with Crippen LogP contribution in [-0.2, 0) is 4.79 Å². The van der Waals surface area contributed by atoms with E-state index in [1.165, 1.54) is 0 Å². The average Bonchev–Trinajstić information content (AvgIpc) is 1.98. The van der Waals surface area contributed by atoms with Crippen molar-refractivity contribution in [3.63, 3.8) is 0 Å². The molecule has 76 valence electrons. The summed E-state index contributed by atoms with van der Waals surface area (Å²) in [7, 11) is 1.14. The molecule has 1 saturated heterocycles. The molecule has 1 fully saturated rings. The minimum absolute atomic E-state index is 0.104. The van der Waals surface area contributed by atoms with Gasteiger partial charge in [-0.05, 0) is 12.8 Å². The number of alkyl halides is 3. The molecule has 6 heteroatoms. The maximum absolute atomic E-state index is 12.3. The minimum Gasteiger partial charge on any atom is -0.332 e. The van der Waals surface area contributed by atoms with Crippen LogP contribution in [0.5, 0.6) is 0 Å². The molecule has 0 spiro atoms. The second-order valence-corrected chi connectivity index (χ2v) is 3.19. The lowest BCUT2D eigenvalue weighted by Crippen LogP contribution is -2.56. The Balaban J connectivity index is 2.76. The Morgan fingerprint density at radius 1 is 1.46 bits per heavy atom. The minimum atomic E-state index is -4.34. The van der Waals surface area contributed by atoms with Gasteiger partial charge in [0.05, 0.1) is 6.04 Å². The van der Waals surface area contributed by atoms with Gasteiger partial charge in [0.2, 0.25) is 5.91 Å². The monoisotopic (exact) mass is 196 g/mol. The van der Waals surface area contributed by atoms with E-state index in [0.29, 0.717) is 4.90 Å². The number of likely N-dealkylation sites (N-methyl/N-ethyl adjacent to an activating group) is 1. The van der Waals surface area contributed by atoms with Gasteiger partial charge < -0.3 is 10.6 Å². The molecule has 1 aliphatic rings. The summed E-state index contributed by atoms with van der Waals surface area (Å²) >= 11 is 0. The van der Waals surface area contributed by atoms with E-state index in [1.807, 2.05) is 0 Å². The number of amides is 1. The summed E-state index contributed by atoms with van der Waals surface area (Å²) < 4.78 is 36.8. The zero-order valence-electron chi connectivity index (χ0n) is 7.14. The predicted molar refractivity (Wildman–Crippen MR) is 39.8 cm³/mol. The smallest absolute Gasteiger partial charge is 0.332 e. The lowest BCUT2D eigenvalue weighted by Gasteiger charge is -2.36. The number of piperidine rings is 1. The van der Waals surface area contributed by atoms with Gasteiger partial charge in [-0.2, -0.15) is 13.2 Å². The Kier molecular flexibility index (Phi) is 2.51. The first kappa shape index (κ1) is 10.3. The molecule has 13 heavy (non-hydrogen) atoms. The van der Waals surface area contributed by atoms with Crippen LogP contribution in [-0.4, -0.2) is 36.1 Å². The van der Waals surface area contributed by atoms with Crippen LogP contribution in [0.4, 0.5) is 13.2 Å². The van der Waals surface area contributed by atoms with Crippen molar-refractivity contribution in [1.82, 2.24) is 4.90 Å². The summed E-state index contributed by atoms with van der Waals surface area (Å²) in [5.41, 5.74) is 5.32. The average molecular weight is 196 g/mol. The fourth-order valence-electron chi connectivity index (χ4n) is 1.45. The molecule has 1 amide bonds. The van der Waals surface area contributed by atoms with Crippen molar-refractivity contribution in [3.8, 4) is 0 Å². The predicted octanol–water partition coefficient (Wildman–Crippen LogP) is 0.497. The number of carbonyl (C=O) groups excluding carboxylic acids is 1. The zero-order valence-corrected chi connectivity index (χ0v) is 7.14. The lowest BCUT2D eigenvalue weighted by atomic mass is 9.98. The summed E-state index contributed by atoms with van der Waals surface area (Å²) in [6.45, 7) is 0. The maximum atomic E-state index is 12.3. The number of carbonyl (C=O) groups is 1. The van der Waals surface area contributed by atoms with Gasteiger partial charge in [0.15, 0.2) is 0 Å². The van der Waals surface area contributed by atoms with Crippen molar-refractivity contribution in [2.45, 2.75) is 31.1 Å². The molecule has 1 heterocycles. The first-order valence-electron chi connectivity index (χ1n) is 3.93. The Hall–Kier alpha value is -0.780. The third kappa shape index (κ3) is 1.93. The summed E-state index contributed by atoms with van der Waals surface area (Å²) in [6.07, 6.45) is -4.34. The number of likely N-dealkylation sites (tertiary alicyclic amines) is 1. The molecule has 2 N–H and O–H groups in total. The van der Waals surface area contributed by atoms with Gasteiger partial charge in [-0.25, -0.2) is 0 Å². The zero-order chi connectivity index (χ0) is 10.2. The molecule has 0 unspecified atom stereocenters. The van der Waals surface area contributed by atoms with E-state index in [9.17, 15) is 18.0 Å². The summed E-state index contributed by atoms with van der Waals surface area (Å²) in [5.74, 6) is -0.631. The van der Waals surface area contributed by atoms with Crippen molar-refractivity contribution < 1.29 is 18.0 Å². The molecule has 2 atom stereocenters. The van der Waals surface area contributed by atoms with E-state index >= 15 is 0 Å². The van der Waals surface area contributed by atoms with E-state index in [1.54, 1.807) is 0 Å². The fraction of sp³-hybridized carbons (Fsp3) is 0.857. The Morgan fingerprint density at radius 2 is 2.00 bits per heavy atom. The molecule has 0 saturated carbocycles. The second kappa shape index (κ2) is 3.17. The highest BCUT2D eigenvalue weighted by Gasteiger charge is 2.47. The number of halogens is 3. The third-order valence-electron chi connectivity index (χ3n) is 2.26. The van der Waals surface area contributed by atoms with Crippen LogP contribution in [0.3, 0.4) is 0 Å². The SMILES string of the molecule is CN1C(=O)[C@H](N)CC[C@H]1C(F)(F)F. The van der Waals surface area contributed by atoms with Gasteiger partial charge in [-0.3, -0.25) is 4.79 Å². The molecule has 0 aliphatic carbocycles. The standard InChI is InChI=1S/C7H11F3N2O/c1-12-5(7(8,9)10)3-2-4(11)6(12)13/h4-5H,2-3,11H2,1H3/t4-,5+/m1/s1. The van der Waals surface area contributed by atoms with Gasteiger partial charge in [0.1, 0.15) is 6.04 Å². The third-order valence-corrected chi connectivity index (χ3v) is 2.26. The van der Waals surface area contributed by atoms with Crippen molar-refractivity contribution >= 4 is 5.91 Å². The lowest BCUT2D eigenvalue weighted by molar-refractivity contribution is -0.194. The number of hydrogen-bond donors (Lipinski definition) is 1. The van der Waals surface area contributed by atoms with Gasteiger partial charge in [-0.1, -0.05) is 0 Å². The summed E-state index contributed by atoms with van der Waals surface area (Å²) in [6, 6.07) is -2.44. The molecular weight excluding hydrogens is 185 g/mol. The van der Waals surface area contributed by atoms with E-state index in [-0.39, 0.29) is 12.8 Å². The van der Waals surface area contributed by atoms with E-state index < -0.39 is 24.2 Å². The number of nitrogens with two attached hydrogens (primary N) is 1. The Labute approximate surface area is 73.7 Å². The van der Waals surface area contributed by atoms with Crippen molar-refractivity contribution in [2.24, 2.45) is 5.73 Å². The molecule has 0 aromatic rings. The molecule has 1 rings (SSSR count). The van der Waals surface area contributed by atoms with Gasteiger partial charge in [0, 0.05) is 7.05 Å². The van der Waals surface area contributed by atoms with E-state index in [4.69, 9.17) is 5.73 Å². The topological polar surface area (TPSA) is 46.3 Å². The van der Waals surface area contributed by atoms with Crippen LogP contribution >= 0.6 is 0 Å². The fourth-order valence-corrected chi connectivity index (χ4v) is 1.45. The highest BCUT2D eigenvalue weighted by Crippen LogP contribution is 2.30. The second-order valence-electron chi connectivity index (χ2n) is 3.19. The first-order chi connectivity index (χ1) is 5.84. The van der Waals surface area contributed by atoms with E-state index in [0.717, 1.165) is 7.05 Å². The highest BCUT2D eigenvalue weighted by atomic mass is 19.4. The van der Waals surface area contributed by atoms with Crippen molar-refractivity contribution in [3.05, 3.63) is 0 Å². The van der Waals surface area contributed by atoms with Crippen LogP contribution in [0, 0.1) is 0 Å². The molecule has 0 aromatic heterocycles. The molecule has 3 nitrogen and oxygen atoms in total. The quantitative estimate of drug-likeness (QED) is 0.613. The maximum Gasteiger partial charge on any atom is 0.408 e. The number of hydrogen-bond acceptors (Lipinski definition) is 2.